The number of ether oxygens (including phenoxy) is 1. The Kier molecular flexibility index (Phi) is 4.19. The van der Waals surface area contributed by atoms with Gasteiger partial charge in [0, 0.05) is 23.4 Å². The maximum Gasteiger partial charge on any atom is 0.125 e. The highest BCUT2D eigenvalue weighted by atomic mass is 35.5. The highest BCUT2D eigenvalue weighted by Gasteiger charge is 2.22. The minimum absolute atomic E-state index is 0.0227. The van der Waals surface area contributed by atoms with Crippen molar-refractivity contribution in [3.8, 4) is 5.75 Å². The van der Waals surface area contributed by atoms with Gasteiger partial charge in [-0.25, -0.2) is 0 Å². The van der Waals surface area contributed by atoms with Crippen molar-refractivity contribution < 1.29 is 9.15 Å². The Bertz CT molecular complexity index is 639. The van der Waals surface area contributed by atoms with E-state index in [0.29, 0.717) is 6.42 Å². The highest BCUT2D eigenvalue weighted by Crippen LogP contribution is 2.35. The van der Waals surface area contributed by atoms with Crippen LogP contribution in [0.25, 0.3) is 0 Å². The smallest absolute Gasteiger partial charge is 0.125 e. The van der Waals surface area contributed by atoms with E-state index in [2.05, 4.69) is 12.3 Å². The standard InChI is InChI=1S/C16H19ClN2O2/c1-2-15-13(4-6-20-15)14(19-18)9-11-8-12(17)7-10-3-5-21-16(10)11/h4,6-8,14,19H,2-3,5,9,18H2,1H3. The summed E-state index contributed by atoms with van der Waals surface area (Å²) in [6, 6.07) is 5.88. The molecule has 0 saturated carbocycles. The molecule has 1 aromatic heterocycles. The summed E-state index contributed by atoms with van der Waals surface area (Å²) in [5.41, 5.74) is 6.23. The van der Waals surface area contributed by atoms with Crippen molar-refractivity contribution in [3.63, 3.8) is 0 Å². The number of benzene rings is 1. The first-order valence-corrected chi connectivity index (χ1v) is 7.57. The zero-order valence-corrected chi connectivity index (χ0v) is 12.7. The van der Waals surface area contributed by atoms with Gasteiger partial charge in [-0.1, -0.05) is 18.5 Å². The molecule has 21 heavy (non-hydrogen) atoms. The second-order valence-electron chi connectivity index (χ2n) is 5.23. The molecule has 3 N–H and O–H groups in total. The number of fused-ring (bicyclic) bond motifs is 1. The van der Waals surface area contributed by atoms with Gasteiger partial charge in [-0.3, -0.25) is 11.3 Å². The average molecular weight is 307 g/mol. The molecule has 0 fully saturated rings. The van der Waals surface area contributed by atoms with Crippen LogP contribution in [0.1, 0.15) is 35.4 Å². The second kappa shape index (κ2) is 6.10. The molecule has 2 aromatic rings. The van der Waals surface area contributed by atoms with E-state index in [4.69, 9.17) is 26.6 Å². The number of nitrogens with one attached hydrogen (secondary N) is 1. The SMILES string of the molecule is CCc1occc1C(Cc1cc(Cl)cc2c1OCC2)NN. The summed E-state index contributed by atoms with van der Waals surface area (Å²) < 4.78 is 11.3. The van der Waals surface area contributed by atoms with Gasteiger partial charge < -0.3 is 9.15 Å². The summed E-state index contributed by atoms with van der Waals surface area (Å²) in [6.45, 7) is 2.78. The molecule has 4 nitrogen and oxygen atoms in total. The molecule has 2 heterocycles. The fourth-order valence-electron chi connectivity index (χ4n) is 2.92. The van der Waals surface area contributed by atoms with E-state index < -0.39 is 0 Å². The van der Waals surface area contributed by atoms with Crippen LogP contribution in [0.4, 0.5) is 0 Å². The molecular formula is C16H19ClN2O2. The lowest BCUT2D eigenvalue weighted by Crippen LogP contribution is -2.30. The summed E-state index contributed by atoms with van der Waals surface area (Å²) in [5.74, 6) is 7.67. The van der Waals surface area contributed by atoms with Gasteiger partial charge >= 0.3 is 0 Å². The largest absolute Gasteiger partial charge is 0.493 e. The average Bonchev–Trinajstić information content (AvgIpc) is 3.12. The molecule has 0 bridgehead atoms. The monoisotopic (exact) mass is 306 g/mol. The van der Waals surface area contributed by atoms with Crippen molar-refractivity contribution in [1.82, 2.24) is 5.43 Å². The molecular weight excluding hydrogens is 288 g/mol. The number of halogens is 1. The number of aryl methyl sites for hydroxylation is 1. The van der Waals surface area contributed by atoms with Crippen molar-refractivity contribution in [3.05, 3.63) is 51.9 Å². The fourth-order valence-corrected chi connectivity index (χ4v) is 3.19. The van der Waals surface area contributed by atoms with Crippen LogP contribution in [0, 0.1) is 0 Å². The third kappa shape index (κ3) is 2.79. The first-order chi connectivity index (χ1) is 10.2. The first kappa shape index (κ1) is 14.4. The van der Waals surface area contributed by atoms with E-state index >= 15 is 0 Å². The van der Waals surface area contributed by atoms with E-state index in [1.807, 2.05) is 18.2 Å². The minimum Gasteiger partial charge on any atom is -0.493 e. The van der Waals surface area contributed by atoms with E-state index in [1.54, 1.807) is 6.26 Å². The molecule has 0 amide bonds. The Morgan fingerprint density at radius 1 is 1.43 bits per heavy atom. The lowest BCUT2D eigenvalue weighted by Gasteiger charge is -2.18. The van der Waals surface area contributed by atoms with E-state index in [1.165, 1.54) is 5.56 Å². The van der Waals surface area contributed by atoms with Crippen LogP contribution in [0.2, 0.25) is 5.02 Å². The topological polar surface area (TPSA) is 60.4 Å². The Balaban J connectivity index is 1.92. The van der Waals surface area contributed by atoms with Crippen LogP contribution in [0.3, 0.4) is 0 Å². The number of hydrogen-bond acceptors (Lipinski definition) is 4. The van der Waals surface area contributed by atoms with E-state index in [9.17, 15) is 0 Å². The van der Waals surface area contributed by atoms with Gasteiger partial charge in [0.1, 0.15) is 11.5 Å². The van der Waals surface area contributed by atoms with Crippen molar-refractivity contribution in [2.45, 2.75) is 32.2 Å². The van der Waals surface area contributed by atoms with Gasteiger partial charge in [-0.05, 0) is 35.7 Å². The predicted octanol–water partition coefficient (Wildman–Crippen LogP) is 3.18. The molecule has 1 unspecified atom stereocenters. The van der Waals surface area contributed by atoms with Gasteiger partial charge in [0.2, 0.25) is 0 Å². The molecule has 0 saturated heterocycles. The van der Waals surface area contributed by atoms with Crippen LogP contribution in [0.5, 0.6) is 5.75 Å². The lowest BCUT2D eigenvalue weighted by molar-refractivity contribution is 0.351. The van der Waals surface area contributed by atoms with Crippen molar-refractivity contribution >= 4 is 11.6 Å². The molecule has 3 rings (SSSR count). The predicted molar refractivity (Wildman–Crippen MR) is 82.5 cm³/mol. The maximum absolute atomic E-state index is 6.21. The van der Waals surface area contributed by atoms with Crippen molar-refractivity contribution in [2.75, 3.05) is 6.61 Å². The van der Waals surface area contributed by atoms with Crippen LogP contribution in [-0.4, -0.2) is 6.61 Å². The molecule has 1 atom stereocenters. The molecule has 1 aliphatic heterocycles. The van der Waals surface area contributed by atoms with Crippen LogP contribution >= 0.6 is 11.6 Å². The van der Waals surface area contributed by atoms with Gasteiger partial charge in [0.05, 0.1) is 18.9 Å². The third-order valence-corrected chi connectivity index (χ3v) is 4.15. The van der Waals surface area contributed by atoms with E-state index in [-0.39, 0.29) is 6.04 Å². The molecule has 0 aliphatic carbocycles. The zero-order chi connectivity index (χ0) is 14.8. The Hall–Kier alpha value is -1.49. The third-order valence-electron chi connectivity index (χ3n) is 3.93. The quantitative estimate of drug-likeness (QED) is 0.658. The van der Waals surface area contributed by atoms with Crippen LogP contribution in [0.15, 0.2) is 28.9 Å². The fraction of sp³-hybridized carbons (Fsp3) is 0.375. The number of hydrogen-bond donors (Lipinski definition) is 2. The number of rotatable bonds is 5. The molecule has 5 heteroatoms. The molecule has 0 spiro atoms. The van der Waals surface area contributed by atoms with Gasteiger partial charge in [0.15, 0.2) is 0 Å². The normalized spacial score (nSPS) is 14.8. The number of furan rings is 1. The Labute approximate surface area is 129 Å². The molecule has 1 aliphatic rings. The van der Waals surface area contributed by atoms with Crippen molar-refractivity contribution in [2.24, 2.45) is 5.84 Å². The first-order valence-electron chi connectivity index (χ1n) is 7.19. The maximum atomic E-state index is 6.21. The van der Waals surface area contributed by atoms with Crippen LogP contribution in [-0.2, 0) is 19.3 Å². The van der Waals surface area contributed by atoms with Gasteiger partial charge in [0.25, 0.3) is 0 Å². The summed E-state index contributed by atoms with van der Waals surface area (Å²) in [4.78, 5) is 0. The summed E-state index contributed by atoms with van der Waals surface area (Å²) in [5, 5.41) is 0.743. The summed E-state index contributed by atoms with van der Waals surface area (Å²) in [6.07, 6.45) is 4.17. The summed E-state index contributed by atoms with van der Waals surface area (Å²) >= 11 is 6.21. The minimum atomic E-state index is -0.0227. The molecule has 0 radical (unpaired) electrons. The molecule has 112 valence electrons. The number of hydrazine groups is 1. The zero-order valence-electron chi connectivity index (χ0n) is 12.0. The van der Waals surface area contributed by atoms with Gasteiger partial charge in [-0.2, -0.15) is 0 Å². The lowest BCUT2D eigenvalue weighted by atomic mass is 9.97. The second-order valence-corrected chi connectivity index (χ2v) is 5.66. The van der Waals surface area contributed by atoms with Crippen molar-refractivity contribution in [1.29, 1.82) is 0 Å². The Morgan fingerprint density at radius 3 is 3.05 bits per heavy atom. The molecule has 1 aromatic carbocycles. The van der Waals surface area contributed by atoms with Gasteiger partial charge in [-0.15, -0.1) is 0 Å². The summed E-state index contributed by atoms with van der Waals surface area (Å²) in [7, 11) is 0. The van der Waals surface area contributed by atoms with E-state index in [0.717, 1.165) is 47.1 Å². The number of nitrogens with two attached hydrogens (primary N) is 1. The Morgan fingerprint density at radius 2 is 2.29 bits per heavy atom. The van der Waals surface area contributed by atoms with Crippen LogP contribution < -0.4 is 16.0 Å². The highest BCUT2D eigenvalue weighted by molar-refractivity contribution is 6.30.